The van der Waals surface area contributed by atoms with Gasteiger partial charge in [0.15, 0.2) is 5.75 Å². The number of sulfonamides is 1. The summed E-state index contributed by atoms with van der Waals surface area (Å²) >= 11 is 1.27. The molecule has 1 aliphatic heterocycles. The molecule has 0 saturated carbocycles. The number of aliphatic carboxylic acids is 1. The Kier molecular flexibility index (Phi) is 9.52. The fraction of sp³-hybridized carbons (Fsp3) is 0.579. The number of carbonyl (C=O) groups excluding carboxylic acids is 1. The fourth-order valence-electron chi connectivity index (χ4n) is 3.06. The van der Waals surface area contributed by atoms with Crippen molar-refractivity contribution in [3.05, 3.63) is 33.8 Å². The average molecular weight is 498 g/mol. The van der Waals surface area contributed by atoms with E-state index in [1.54, 1.807) is 16.9 Å². The second-order valence-electron chi connectivity index (χ2n) is 7.40. The number of unbranched alkanes of at least 4 members (excludes halogenated alkanes) is 1. The number of allylic oxidation sites excluding steroid dienone is 1. The van der Waals surface area contributed by atoms with Crippen molar-refractivity contribution in [1.82, 2.24) is 15.4 Å². The van der Waals surface area contributed by atoms with E-state index in [4.69, 9.17) is 0 Å². The molecule has 0 bridgehead atoms. The first-order valence-electron chi connectivity index (χ1n) is 10.0. The second kappa shape index (κ2) is 11.7. The van der Waals surface area contributed by atoms with E-state index in [9.17, 15) is 36.3 Å². The van der Waals surface area contributed by atoms with Gasteiger partial charge in [0, 0.05) is 29.1 Å². The molecule has 32 heavy (non-hydrogen) atoms. The number of amides is 1. The zero-order chi connectivity index (χ0) is 23.8. The highest BCUT2D eigenvalue weighted by atomic mass is 32.2. The molecule has 0 saturated heterocycles. The van der Waals surface area contributed by atoms with Crippen LogP contribution >= 0.6 is 11.3 Å². The van der Waals surface area contributed by atoms with E-state index in [1.807, 2.05) is 6.08 Å². The molecule has 0 spiro atoms. The highest BCUT2D eigenvalue weighted by Crippen LogP contribution is 2.22. The van der Waals surface area contributed by atoms with Crippen LogP contribution in [0.2, 0.25) is 0 Å². The first kappa shape index (κ1) is 26.1. The van der Waals surface area contributed by atoms with Crippen LogP contribution in [0.25, 0.3) is 0 Å². The van der Waals surface area contributed by atoms with Crippen LogP contribution in [0.3, 0.4) is 0 Å². The largest absolute Gasteiger partial charge is 0.480 e. The lowest BCUT2D eigenvalue weighted by molar-refractivity contribution is -0.139. The molecule has 4 N–H and O–H groups in total. The minimum atomic E-state index is -4.97. The number of alkyl halides is 3. The Labute approximate surface area is 188 Å². The zero-order valence-corrected chi connectivity index (χ0v) is 18.8. The molecule has 1 aromatic heterocycles. The third kappa shape index (κ3) is 10.0. The Morgan fingerprint density at radius 2 is 1.94 bits per heavy atom. The first-order chi connectivity index (χ1) is 14.9. The maximum atomic E-state index is 12.4. The topological polar surface area (TPSA) is 125 Å². The van der Waals surface area contributed by atoms with E-state index in [2.05, 4.69) is 10.6 Å². The molecule has 1 aromatic rings. The number of rotatable bonds is 12. The minimum Gasteiger partial charge on any atom is -0.480 e. The van der Waals surface area contributed by atoms with Crippen LogP contribution in [-0.2, 0) is 32.5 Å². The van der Waals surface area contributed by atoms with Gasteiger partial charge in [0.05, 0.1) is 0 Å². The lowest BCUT2D eigenvalue weighted by Crippen LogP contribution is -2.45. The molecular formula is C19H26F3N3O5S2. The van der Waals surface area contributed by atoms with Crippen molar-refractivity contribution in [1.29, 1.82) is 0 Å². The summed E-state index contributed by atoms with van der Waals surface area (Å²) in [7, 11) is -4.83. The van der Waals surface area contributed by atoms with Gasteiger partial charge in [-0.2, -0.15) is 13.2 Å². The summed E-state index contributed by atoms with van der Waals surface area (Å²) in [4.78, 5) is 24.7. The Morgan fingerprint density at radius 1 is 1.22 bits per heavy atom. The minimum absolute atomic E-state index is 0.0760. The number of hydrogen-bond donors (Lipinski definition) is 4. The number of nitrogens with one attached hydrogen (secondary N) is 3. The summed E-state index contributed by atoms with van der Waals surface area (Å²) < 4.78 is 61.8. The smallest absolute Gasteiger partial charge is 0.404 e. The Bertz CT molecular complexity index is 929. The predicted molar refractivity (Wildman–Crippen MR) is 113 cm³/mol. The normalized spacial score (nSPS) is 15.5. The van der Waals surface area contributed by atoms with Crippen LogP contribution in [0, 0.1) is 0 Å². The highest BCUT2D eigenvalue weighted by Gasteiger charge is 2.37. The molecule has 2 heterocycles. The molecule has 8 nitrogen and oxygen atoms in total. The van der Waals surface area contributed by atoms with Crippen LogP contribution in [0.1, 0.15) is 41.9 Å². The van der Waals surface area contributed by atoms with Crippen LogP contribution in [0.4, 0.5) is 13.2 Å². The monoisotopic (exact) mass is 497 g/mol. The van der Waals surface area contributed by atoms with Gasteiger partial charge in [-0.05, 0) is 50.3 Å². The van der Waals surface area contributed by atoms with E-state index < -0.39 is 34.0 Å². The second-order valence-corrected chi connectivity index (χ2v) is 10.4. The zero-order valence-electron chi connectivity index (χ0n) is 17.2. The van der Waals surface area contributed by atoms with Crippen molar-refractivity contribution in [3.63, 3.8) is 0 Å². The number of carbonyl (C=O) groups is 2. The van der Waals surface area contributed by atoms with Gasteiger partial charge >= 0.3 is 12.1 Å². The van der Waals surface area contributed by atoms with Crippen LogP contribution < -0.4 is 15.4 Å². The maximum Gasteiger partial charge on any atom is 0.404 e. The molecule has 0 aromatic carbocycles. The van der Waals surface area contributed by atoms with E-state index in [-0.39, 0.29) is 12.3 Å². The van der Waals surface area contributed by atoms with Gasteiger partial charge < -0.3 is 15.7 Å². The van der Waals surface area contributed by atoms with Gasteiger partial charge in [-0.25, -0.2) is 13.1 Å². The highest BCUT2D eigenvalue weighted by molar-refractivity contribution is 7.89. The molecule has 0 aliphatic carbocycles. The van der Waals surface area contributed by atoms with Crippen molar-refractivity contribution in [2.75, 3.05) is 12.3 Å². The number of carboxylic acids is 1. The summed E-state index contributed by atoms with van der Waals surface area (Å²) in [6, 6.07) is 1.70. The molecule has 180 valence electrons. The van der Waals surface area contributed by atoms with Gasteiger partial charge in [0.2, 0.25) is 15.9 Å². The van der Waals surface area contributed by atoms with Crippen molar-refractivity contribution in [2.45, 2.75) is 57.2 Å². The molecule has 1 amide bonds. The molecule has 13 heteroatoms. The van der Waals surface area contributed by atoms with E-state index in [0.717, 1.165) is 36.5 Å². The van der Waals surface area contributed by atoms with E-state index >= 15 is 0 Å². The van der Waals surface area contributed by atoms with Gasteiger partial charge in [-0.1, -0.05) is 0 Å². The van der Waals surface area contributed by atoms with Gasteiger partial charge in [0.25, 0.3) is 0 Å². The lowest BCUT2D eigenvalue weighted by atomic mass is 10.1. The van der Waals surface area contributed by atoms with Crippen LogP contribution in [-0.4, -0.2) is 49.9 Å². The molecule has 1 aliphatic rings. The van der Waals surface area contributed by atoms with E-state index in [0.29, 0.717) is 24.1 Å². The molecule has 2 rings (SSSR count). The number of thiophene rings is 1. The van der Waals surface area contributed by atoms with Gasteiger partial charge in [-0.3, -0.25) is 9.59 Å². The van der Waals surface area contributed by atoms with Crippen molar-refractivity contribution in [2.24, 2.45) is 0 Å². The summed E-state index contributed by atoms with van der Waals surface area (Å²) in [5.41, 5.74) is 0. The number of aryl methyl sites for hydroxylation is 1. The SMILES string of the molecule is O=C(CCCCc1ccc(CC(NS(=O)(=O)CC(F)(F)F)C(=O)O)s1)NC1=CCCCN1. The Balaban J connectivity index is 1.78. The van der Waals surface area contributed by atoms with Crippen LogP contribution in [0.5, 0.6) is 0 Å². The third-order valence-electron chi connectivity index (χ3n) is 4.49. The van der Waals surface area contributed by atoms with Crippen molar-refractivity contribution < 1.29 is 36.3 Å². The molecular weight excluding hydrogens is 471 g/mol. The number of carboxylic acid groups (broad SMARTS) is 1. The fourth-order valence-corrected chi connectivity index (χ4v) is 5.29. The quantitative estimate of drug-likeness (QED) is 0.329. The summed E-state index contributed by atoms with van der Waals surface area (Å²) in [6.07, 6.45) is 1.07. The molecule has 0 fully saturated rings. The Hall–Kier alpha value is -2.12. The molecule has 1 unspecified atom stereocenters. The van der Waals surface area contributed by atoms with Gasteiger partial charge in [-0.15, -0.1) is 11.3 Å². The van der Waals surface area contributed by atoms with Gasteiger partial charge in [0.1, 0.15) is 11.9 Å². The average Bonchev–Trinajstić information content (AvgIpc) is 3.10. The molecule has 0 radical (unpaired) electrons. The maximum absolute atomic E-state index is 12.4. The Morgan fingerprint density at radius 3 is 2.56 bits per heavy atom. The third-order valence-corrected chi connectivity index (χ3v) is 7.01. The first-order valence-corrected chi connectivity index (χ1v) is 12.5. The predicted octanol–water partition coefficient (Wildman–Crippen LogP) is 2.28. The summed E-state index contributed by atoms with van der Waals surface area (Å²) in [5, 5.41) is 15.1. The standard InChI is InChI=1S/C19H26F3N3O5S2/c20-19(21,22)12-32(29,30)25-15(18(27)28)11-14-9-8-13(31-14)5-1-2-7-17(26)24-16-6-3-4-10-23-16/h6,8-9,15,23,25H,1-5,7,10-12H2,(H,24,26)(H,27,28). The number of halogens is 3. The molecule has 1 atom stereocenters. The lowest BCUT2D eigenvalue weighted by Gasteiger charge is -2.16. The van der Waals surface area contributed by atoms with Crippen molar-refractivity contribution >= 4 is 33.2 Å². The summed E-state index contributed by atoms with van der Waals surface area (Å²) in [5.74, 6) is -3.03. The summed E-state index contributed by atoms with van der Waals surface area (Å²) in [6.45, 7) is 0.833. The number of hydrogen-bond acceptors (Lipinski definition) is 6. The van der Waals surface area contributed by atoms with Crippen molar-refractivity contribution in [3.8, 4) is 0 Å². The van der Waals surface area contributed by atoms with E-state index in [1.165, 1.54) is 11.3 Å². The van der Waals surface area contributed by atoms with Crippen LogP contribution in [0.15, 0.2) is 24.0 Å².